The lowest BCUT2D eigenvalue weighted by Crippen LogP contribution is -2.18. The minimum Gasteiger partial charge on any atom is -0.345 e. The van der Waals surface area contributed by atoms with E-state index in [1.165, 1.54) is 12.5 Å². The second kappa shape index (κ2) is 9.13. The third-order valence-electron chi connectivity index (χ3n) is 5.55. The topological polar surface area (TPSA) is 165 Å². The van der Waals surface area contributed by atoms with E-state index >= 15 is 4.39 Å². The number of hydrogen-bond donors (Lipinski definition) is 5. The van der Waals surface area contributed by atoms with Gasteiger partial charge in [-0.25, -0.2) is 32.0 Å². The van der Waals surface area contributed by atoms with Gasteiger partial charge in [0.2, 0.25) is 15.8 Å². The number of carbonyl (C=O) groups excluding carboxylic acids is 1. The molecule has 5 N–H and O–H groups in total. The number of anilines is 3. The monoisotopic (exact) mass is 527 g/mol. The minimum absolute atomic E-state index is 0.138. The molecule has 0 unspecified atom stereocenters. The Kier molecular flexibility index (Phi) is 5.95. The Hall–Kier alpha value is -4.59. The first-order valence-electron chi connectivity index (χ1n) is 11.0. The van der Waals surface area contributed by atoms with Crippen molar-refractivity contribution in [1.29, 1.82) is 0 Å². The SMILES string of the molecule is CCCS(=O)(=O)Nc1ccc(F)c(C(=O)c2c[nH]c3ncnc(Nc4ccc5[nH]c(=O)[nH]c5c4)c23)c1F. The number of nitrogens with zero attached hydrogens (tertiary/aromatic N) is 2. The van der Waals surface area contributed by atoms with Crippen LogP contribution in [0.2, 0.25) is 0 Å². The number of fused-ring (bicyclic) bond motifs is 2. The number of aromatic nitrogens is 5. The van der Waals surface area contributed by atoms with Crippen LogP contribution in [-0.2, 0) is 10.0 Å². The number of benzene rings is 2. The fraction of sp³-hybridized carbons (Fsp3) is 0.130. The number of carbonyl (C=O) groups is 1. The van der Waals surface area contributed by atoms with Gasteiger partial charge in [0.15, 0.2) is 5.82 Å². The van der Waals surface area contributed by atoms with Crippen LogP contribution in [0.5, 0.6) is 0 Å². The molecule has 0 atom stereocenters. The Morgan fingerprint density at radius 3 is 2.65 bits per heavy atom. The van der Waals surface area contributed by atoms with E-state index < -0.39 is 38.7 Å². The smallest absolute Gasteiger partial charge is 0.323 e. The number of halogens is 2. The van der Waals surface area contributed by atoms with Crippen LogP contribution in [0.15, 0.2) is 47.7 Å². The minimum atomic E-state index is -3.89. The molecule has 3 aromatic heterocycles. The molecular weight excluding hydrogens is 508 g/mol. The fourth-order valence-corrected chi connectivity index (χ4v) is 5.08. The molecule has 0 aliphatic carbocycles. The van der Waals surface area contributed by atoms with E-state index in [1.807, 2.05) is 0 Å². The maximum absolute atomic E-state index is 15.3. The number of hydrogen-bond acceptors (Lipinski definition) is 7. The van der Waals surface area contributed by atoms with Crippen LogP contribution < -0.4 is 15.7 Å². The third-order valence-corrected chi connectivity index (χ3v) is 7.03. The molecule has 14 heteroatoms. The average Bonchev–Trinajstić information content (AvgIpc) is 3.44. The van der Waals surface area contributed by atoms with Gasteiger partial charge in [-0.15, -0.1) is 0 Å². The maximum Gasteiger partial charge on any atom is 0.323 e. The first kappa shape index (κ1) is 24.1. The molecule has 0 bridgehead atoms. The van der Waals surface area contributed by atoms with Crippen LogP contribution in [0.25, 0.3) is 22.1 Å². The Morgan fingerprint density at radius 1 is 1.08 bits per heavy atom. The number of sulfonamides is 1. The molecule has 37 heavy (non-hydrogen) atoms. The van der Waals surface area contributed by atoms with E-state index in [0.717, 1.165) is 12.1 Å². The number of H-pyrrole nitrogens is 3. The summed E-state index contributed by atoms with van der Waals surface area (Å²) in [4.78, 5) is 41.2. The number of aromatic amines is 3. The highest BCUT2D eigenvalue weighted by molar-refractivity contribution is 7.92. The number of imidazole rings is 1. The summed E-state index contributed by atoms with van der Waals surface area (Å²) in [6.45, 7) is 1.63. The van der Waals surface area contributed by atoms with E-state index in [1.54, 1.807) is 25.1 Å². The van der Waals surface area contributed by atoms with Gasteiger partial charge in [-0.1, -0.05) is 6.92 Å². The van der Waals surface area contributed by atoms with Crippen molar-refractivity contribution in [1.82, 2.24) is 24.9 Å². The molecule has 0 saturated heterocycles. The summed E-state index contributed by atoms with van der Waals surface area (Å²) < 4.78 is 56.3. The van der Waals surface area contributed by atoms with Gasteiger partial charge in [-0.05, 0) is 36.8 Å². The molecule has 5 rings (SSSR count). The molecule has 11 nitrogen and oxygen atoms in total. The highest BCUT2D eigenvalue weighted by atomic mass is 32.2. The molecule has 0 radical (unpaired) electrons. The van der Waals surface area contributed by atoms with Gasteiger partial charge >= 0.3 is 5.69 Å². The first-order chi connectivity index (χ1) is 17.7. The summed E-state index contributed by atoms with van der Waals surface area (Å²) in [5.41, 5.74) is -0.151. The van der Waals surface area contributed by atoms with E-state index in [-0.39, 0.29) is 40.3 Å². The van der Waals surface area contributed by atoms with Crippen molar-refractivity contribution in [2.24, 2.45) is 0 Å². The van der Waals surface area contributed by atoms with E-state index in [0.29, 0.717) is 16.7 Å². The highest BCUT2D eigenvalue weighted by Gasteiger charge is 2.27. The Labute approximate surface area is 207 Å². The number of nitrogens with one attached hydrogen (secondary N) is 5. The first-order valence-corrected chi connectivity index (χ1v) is 12.7. The molecule has 0 amide bonds. The second-order valence-electron chi connectivity index (χ2n) is 8.15. The molecule has 2 aromatic carbocycles. The molecule has 5 aromatic rings. The average molecular weight is 528 g/mol. The second-order valence-corrected chi connectivity index (χ2v) is 9.99. The van der Waals surface area contributed by atoms with Crippen LogP contribution in [0, 0.1) is 11.6 Å². The van der Waals surface area contributed by atoms with Crippen molar-refractivity contribution in [2.45, 2.75) is 13.3 Å². The van der Waals surface area contributed by atoms with Gasteiger partial charge in [0, 0.05) is 11.9 Å². The van der Waals surface area contributed by atoms with Gasteiger partial charge in [0.05, 0.1) is 39.0 Å². The van der Waals surface area contributed by atoms with Crippen LogP contribution in [-0.4, -0.2) is 44.9 Å². The lowest BCUT2D eigenvalue weighted by Gasteiger charge is -2.12. The number of ketones is 1. The zero-order valence-electron chi connectivity index (χ0n) is 19.1. The lowest BCUT2D eigenvalue weighted by molar-refractivity contribution is 0.103. The normalized spacial score (nSPS) is 11.8. The predicted octanol–water partition coefficient (Wildman–Crippen LogP) is 3.53. The molecule has 3 heterocycles. The van der Waals surface area contributed by atoms with E-state index in [2.05, 4.69) is 35.0 Å². The van der Waals surface area contributed by atoms with Crippen molar-refractivity contribution in [3.8, 4) is 0 Å². The zero-order valence-corrected chi connectivity index (χ0v) is 20.0. The largest absolute Gasteiger partial charge is 0.345 e. The lowest BCUT2D eigenvalue weighted by atomic mass is 10.0. The van der Waals surface area contributed by atoms with Crippen molar-refractivity contribution >= 4 is 55.1 Å². The maximum atomic E-state index is 15.3. The van der Waals surface area contributed by atoms with Crippen LogP contribution in [0.4, 0.5) is 26.0 Å². The van der Waals surface area contributed by atoms with E-state index in [4.69, 9.17) is 0 Å². The standard InChI is InChI=1S/C23H19F2N7O4S/c1-2-7-37(35,36)32-15-6-4-13(24)18(19(15)25)20(33)12-9-26-21-17(12)22(28-10-27-21)29-11-3-5-14-16(8-11)31-23(34)30-14/h3-6,8-10,32H,2,7H2,1H3,(H2,30,31,34)(H2,26,27,28,29). The zero-order chi connectivity index (χ0) is 26.3. The summed E-state index contributed by atoms with van der Waals surface area (Å²) in [6, 6.07) is 6.70. The molecular formula is C23H19F2N7O4S. The van der Waals surface area contributed by atoms with Crippen molar-refractivity contribution in [3.63, 3.8) is 0 Å². The summed E-state index contributed by atoms with van der Waals surface area (Å²) in [5, 5.41) is 3.19. The molecule has 190 valence electrons. The molecule has 0 aliphatic heterocycles. The fourth-order valence-electron chi connectivity index (χ4n) is 3.95. The molecule has 0 aliphatic rings. The Morgan fingerprint density at radius 2 is 1.86 bits per heavy atom. The Balaban J connectivity index is 1.57. The summed E-state index contributed by atoms with van der Waals surface area (Å²) >= 11 is 0. The van der Waals surface area contributed by atoms with Gasteiger partial charge in [0.1, 0.15) is 23.6 Å². The molecule has 0 saturated carbocycles. The van der Waals surface area contributed by atoms with Crippen molar-refractivity contribution in [2.75, 3.05) is 15.8 Å². The van der Waals surface area contributed by atoms with Gasteiger partial charge < -0.3 is 20.3 Å². The molecule has 0 fully saturated rings. The van der Waals surface area contributed by atoms with Crippen molar-refractivity contribution in [3.05, 3.63) is 76.1 Å². The highest BCUT2D eigenvalue weighted by Crippen LogP contribution is 2.31. The van der Waals surface area contributed by atoms with Gasteiger partial charge in [-0.2, -0.15) is 0 Å². The molecule has 0 spiro atoms. The summed E-state index contributed by atoms with van der Waals surface area (Å²) in [7, 11) is -3.89. The summed E-state index contributed by atoms with van der Waals surface area (Å²) in [5.74, 6) is -3.66. The van der Waals surface area contributed by atoms with Gasteiger partial charge in [-0.3, -0.25) is 9.52 Å². The quantitative estimate of drug-likeness (QED) is 0.193. The Bertz CT molecular complexity index is 1840. The van der Waals surface area contributed by atoms with Crippen LogP contribution in [0.1, 0.15) is 29.3 Å². The summed E-state index contributed by atoms with van der Waals surface area (Å²) in [6.07, 6.45) is 2.76. The van der Waals surface area contributed by atoms with Gasteiger partial charge in [0.25, 0.3) is 0 Å². The van der Waals surface area contributed by atoms with Crippen LogP contribution in [0.3, 0.4) is 0 Å². The van der Waals surface area contributed by atoms with Crippen LogP contribution >= 0.6 is 0 Å². The number of rotatable bonds is 8. The third kappa shape index (κ3) is 4.53. The van der Waals surface area contributed by atoms with Crippen molar-refractivity contribution < 1.29 is 22.0 Å². The predicted molar refractivity (Wildman–Crippen MR) is 134 cm³/mol. The van der Waals surface area contributed by atoms with E-state index in [9.17, 15) is 22.4 Å².